The zero-order chi connectivity index (χ0) is 17.9. The first-order valence-electron chi connectivity index (χ1n) is 7.54. The number of halogens is 1. The van der Waals surface area contributed by atoms with Crippen molar-refractivity contribution in [3.05, 3.63) is 48.3 Å². The summed E-state index contributed by atoms with van der Waals surface area (Å²) in [5.74, 6) is -0.392. The maximum atomic E-state index is 13.1. The van der Waals surface area contributed by atoms with Gasteiger partial charge in [-0.1, -0.05) is 6.07 Å². The van der Waals surface area contributed by atoms with Crippen molar-refractivity contribution in [2.75, 3.05) is 23.0 Å². The number of hydrogen-bond donors (Lipinski definition) is 2. The predicted molar refractivity (Wildman–Crippen MR) is 95.2 cm³/mol. The molecule has 0 saturated heterocycles. The van der Waals surface area contributed by atoms with Gasteiger partial charge >= 0.3 is 6.09 Å². The van der Waals surface area contributed by atoms with Crippen LogP contribution in [0, 0.1) is 5.82 Å². The van der Waals surface area contributed by atoms with Crippen LogP contribution in [0.15, 0.2) is 42.5 Å². The lowest BCUT2D eigenvalue weighted by Gasteiger charge is -2.25. The summed E-state index contributed by atoms with van der Waals surface area (Å²) in [5, 5.41) is 3.11. The molecular weight excluding hydrogens is 309 g/mol. The number of nitrogens with two attached hydrogens (primary N) is 1. The van der Waals surface area contributed by atoms with Crippen LogP contribution in [0.5, 0.6) is 0 Å². The molecule has 0 unspecified atom stereocenters. The number of nitrogens with one attached hydrogen (secondary N) is 1. The first-order valence-corrected chi connectivity index (χ1v) is 7.54. The Labute approximate surface area is 141 Å². The Morgan fingerprint density at radius 1 is 1.21 bits per heavy atom. The fourth-order valence-electron chi connectivity index (χ4n) is 2.03. The molecule has 128 valence electrons. The topological polar surface area (TPSA) is 67.6 Å². The molecule has 0 radical (unpaired) electrons. The molecule has 0 atom stereocenters. The van der Waals surface area contributed by atoms with Gasteiger partial charge in [0.05, 0.1) is 11.4 Å². The van der Waals surface area contributed by atoms with Gasteiger partial charge in [0.1, 0.15) is 11.4 Å². The minimum Gasteiger partial charge on any atom is -0.443 e. The van der Waals surface area contributed by atoms with Crippen molar-refractivity contribution in [1.29, 1.82) is 0 Å². The minimum atomic E-state index is -0.566. The highest BCUT2D eigenvalue weighted by molar-refractivity contribution is 5.88. The number of ether oxygens (including phenoxy) is 1. The third-order valence-corrected chi connectivity index (χ3v) is 3.19. The van der Waals surface area contributed by atoms with Crippen LogP contribution in [0.1, 0.15) is 20.8 Å². The number of anilines is 4. The number of carbonyl (C=O) groups excluding carboxylic acids is 1. The van der Waals surface area contributed by atoms with Crippen molar-refractivity contribution in [1.82, 2.24) is 0 Å². The van der Waals surface area contributed by atoms with Gasteiger partial charge in [-0.15, -0.1) is 0 Å². The van der Waals surface area contributed by atoms with Crippen LogP contribution in [-0.2, 0) is 4.74 Å². The molecule has 0 heterocycles. The third kappa shape index (κ3) is 4.62. The van der Waals surface area contributed by atoms with E-state index < -0.39 is 17.5 Å². The molecule has 6 heteroatoms. The van der Waals surface area contributed by atoms with Crippen LogP contribution in [0.4, 0.5) is 31.9 Å². The lowest BCUT2D eigenvalue weighted by molar-refractivity contribution is 0.0589. The Morgan fingerprint density at radius 3 is 2.54 bits per heavy atom. The summed E-state index contributed by atoms with van der Waals surface area (Å²) in [5.41, 5.74) is 7.51. The molecule has 0 aromatic heterocycles. The second-order valence-electron chi connectivity index (χ2n) is 6.45. The Bertz CT molecular complexity index is 741. The fourth-order valence-corrected chi connectivity index (χ4v) is 2.03. The molecule has 2 rings (SSSR count). The Kier molecular flexibility index (Phi) is 4.97. The van der Waals surface area contributed by atoms with Crippen molar-refractivity contribution < 1.29 is 13.9 Å². The van der Waals surface area contributed by atoms with Gasteiger partial charge in [0, 0.05) is 18.4 Å². The standard InChI is InChI=1S/C18H22FN3O2/c1-18(2,3)24-17(23)22(4)14-7-5-6-13(11-14)21-16-9-8-12(19)10-15(16)20/h5-11,21H,20H2,1-4H3. The van der Waals surface area contributed by atoms with E-state index in [1.807, 2.05) is 26.8 Å². The van der Waals surface area contributed by atoms with Crippen molar-refractivity contribution in [3.63, 3.8) is 0 Å². The monoisotopic (exact) mass is 331 g/mol. The molecule has 5 nitrogen and oxygen atoms in total. The average Bonchev–Trinajstić information content (AvgIpc) is 2.48. The van der Waals surface area contributed by atoms with E-state index in [9.17, 15) is 9.18 Å². The largest absolute Gasteiger partial charge is 0.443 e. The van der Waals surface area contributed by atoms with Crippen molar-refractivity contribution in [2.45, 2.75) is 26.4 Å². The molecular formula is C18H22FN3O2. The lowest BCUT2D eigenvalue weighted by Crippen LogP contribution is -2.34. The summed E-state index contributed by atoms with van der Waals surface area (Å²) in [6.07, 6.45) is -0.444. The number of nitrogen functional groups attached to an aromatic ring is 1. The normalized spacial score (nSPS) is 11.0. The van der Waals surface area contributed by atoms with Gasteiger partial charge in [-0.25, -0.2) is 9.18 Å². The molecule has 0 fully saturated rings. The van der Waals surface area contributed by atoms with E-state index in [4.69, 9.17) is 10.5 Å². The number of benzene rings is 2. The molecule has 1 amide bonds. The number of amides is 1. The van der Waals surface area contributed by atoms with Crippen LogP contribution < -0.4 is 16.0 Å². The van der Waals surface area contributed by atoms with E-state index in [1.54, 1.807) is 31.3 Å². The predicted octanol–water partition coefficient (Wildman–Crippen LogP) is 4.52. The van der Waals surface area contributed by atoms with Crippen molar-refractivity contribution in [3.8, 4) is 0 Å². The summed E-state index contributed by atoms with van der Waals surface area (Å²) in [7, 11) is 1.64. The van der Waals surface area contributed by atoms with Crippen LogP contribution >= 0.6 is 0 Å². The second kappa shape index (κ2) is 6.78. The molecule has 0 saturated carbocycles. The average molecular weight is 331 g/mol. The van der Waals surface area contributed by atoms with E-state index >= 15 is 0 Å². The second-order valence-corrected chi connectivity index (χ2v) is 6.45. The zero-order valence-electron chi connectivity index (χ0n) is 14.3. The Morgan fingerprint density at radius 2 is 1.92 bits per heavy atom. The smallest absolute Gasteiger partial charge is 0.414 e. The van der Waals surface area contributed by atoms with Crippen LogP contribution in [-0.4, -0.2) is 18.7 Å². The summed E-state index contributed by atoms with van der Waals surface area (Å²) >= 11 is 0. The van der Waals surface area contributed by atoms with Gasteiger partial charge in [0.15, 0.2) is 0 Å². The first-order chi connectivity index (χ1) is 11.2. The molecule has 24 heavy (non-hydrogen) atoms. The Balaban J connectivity index is 2.18. The SMILES string of the molecule is CN(C(=O)OC(C)(C)C)c1cccc(Nc2ccc(F)cc2N)c1. The van der Waals surface area contributed by atoms with Crippen LogP contribution in [0.25, 0.3) is 0 Å². The molecule has 0 spiro atoms. The maximum Gasteiger partial charge on any atom is 0.414 e. The third-order valence-electron chi connectivity index (χ3n) is 3.19. The zero-order valence-corrected chi connectivity index (χ0v) is 14.3. The molecule has 2 aromatic carbocycles. The maximum absolute atomic E-state index is 13.1. The first kappa shape index (κ1) is 17.6. The minimum absolute atomic E-state index is 0.306. The highest BCUT2D eigenvalue weighted by Crippen LogP contribution is 2.26. The number of rotatable bonds is 3. The summed E-state index contributed by atoms with van der Waals surface area (Å²) < 4.78 is 18.5. The highest BCUT2D eigenvalue weighted by Gasteiger charge is 2.20. The van der Waals surface area contributed by atoms with Gasteiger partial charge in [0.25, 0.3) is 0 Å². The summed E-state index contributed by atoms with van der Waals surface area (Å²) in [6, 6.07) is 11.4. The molecule has 0 bridgehead atoms. The summed E-state index contributed by atoms with van der Waals surface area (Å²) in [4.78, 5) is 13.6. The molecule has 0 aliphatic carbocycles. The van der Waals surface area contributed by atoms with Crippen molar-refractivity contribution in [2.24, 2.45) is 0 Å². The number of carbonyl (C=O) groups is 1. The van der Waals surface area contributed by atoms with Crippen LogP contribution in [0.3, 0.4) is 0 Å². The van der Waals surface area contributed by atoms with Gasteiger partial charge in [-0.2, -0.15) is 0 Å². The van der Waals surface area contributed by atoms with Gasteiger partial charge in [0.2, 0.25) is 0 Å². The van der Waals surface area contributed by atoms with E-state index in [0.717, 1.165) is 5.69 Å². The van der Waals surface area contributed by atoms with E-state index in [0.29, 0.717) is 17.1 Å². The van der Waals surface area contributed by atoms with Crippen molar-refractivity contribution >= 4 is 28.8 Å². The molecule has 3 N–H and O–H groups in total. The fraction of sp³-hybridized carbons (Fsp3) is 0.278. The van der Waals surface area contributed by atoms with E-state index in [-0.39, 0.29) is 0 Å². The molecule has 2 aromatic rings. The number of hydrogen-bond acceptors (Lipinski definition) is 4. The lowest BCUT2D eigenvalue weighted by atomic mass is 10.2. The van der Waals surface area contributed by atoms with Crippen LogP contribution in [0.2, 0.25) is 0 Å². The van der Waals surface area contributed by atoms with E-state index in [1.165, 1.54) is 17.0 Å². The van der Waals surface area contributed by atoms with E-state index in [2.05, 4.69) is 5.32 Å². The quantitative estimate of drug-likeness (QED) is 0.811. The Hall–Kier alpha value is -2.76. The number of nitrogens with zero attached hydrogens (tertiary/aromatic N) is 1. The van der Waals surface area contributed by atoms with Gasteiger partial charge in [-0.05, 0) is 57.2 Å². The summed E-state index contributed by atoms with van der Waals surface area (Å²) in [6.45, 7) is 5.44. The molecule has 0 aliphatic rings. The van der Waals surface area contributed by atoms with Gasteiger partial charge < -0.3 is 15.8 Å². The van der Waals surface area contributed by atoms with Gasteiger partial charge in [-0.3, -0.25) is 4.90 Å². The highest BCUT2D eigenvalue weighted by atomic mass is 19.1. The molecule has 0 aliphatic heterocycles.